The van der Waals surface area contributed by atoms with Gasteiger partial charge in [0.25, 0.3) is 0 Å². The summed E-state index contributed by atoms with van der Waals surface area (Å²) in [6.07, 6.45) is 5.63. The third-order valence-electron chi connectivity index (χ3n) is 2.77. The maximum atomic E-state index is 11.8. The van der Waals surface area contributed by atoms with Crippen molar-refractivity contribution in [1.29, 1.82) is 5.41 Å². The number of ether oxygens (including phenoxy) is 1. The second kappa shape index (κ2) is 7.88. The van der Waals surface area contributed by atoms with Crippen LogP contribution in [-0.4, -0.2) is 34.8 Å². The van der Waals surface area contributed by atoms with Crippen LogP contribution in [0, 0.1) is 5.41 Å². The van der Waals surface area contributed by atoms with Gasteiger partial charge in [-0.1, -0.05) is 19.3 Å². The van der Waals surface area contributed by atoms with Gasteiger partial charge >= 0.3 is 18.1 Å². The van der Waals surface area contributed by atoms with Crippen LogP contribution in [0.5, 0.6) is 0 Å². The number of nitrogens with two attached hydrogens (primary N) is 1. The van der Waals surface area contributed by atoms with E-state index in [1.165, 1.54) is 18.4 Å². The van der Waals surface area contributed by atoms with Gasteiger partial charge in [-0.05, 0) is 31.7 Å². The molecule has 19 heavy (non-hydrogen) atoms. The summed E-state index contributed by atoms with van der Waals surface area (Å²) in [5.41, 5.74) is 5.07. The standard InChI is InChI=1S/C11H20N4O3S/c1-2-18-10(13)15(9(12)16)11(17)14-19-8-6-4-3-5-7-8/h8,13H,2-7H2,1H3,(H2,12,16)(H,14,17). The molecule has 0 aromatic rings. The number of carbonyl (C=O) groups excluding carboxylic acids is 2. The number of nitrogens with zero attached hydrogens (tertiary/aromatic N) is 1. The van der Waals surface area contributed by atoms with Crippen LogP contribution in [0.4, 0.5) is 9.59 Å². The number of hydrogen-bond acceptors (Lipinski definition) is 5. The molecule has 8 heteroatoms. The molecule has 0 bridgehead atoms. The van der Waals surface area contributed by atoms with Gasteiger partial charge < -0.3 is 10.5 Å². The number of amides is 4. The highest BCUT2D eigenvalue weighted by atomic mass is 32.2. The summed E-state index contributed by atoms with van der Waals surface area (Å²) in [4.78, 5) is 23.5. The van der Waals surface area contributed by atoms with E-state index in [0.717, 1.165) is 25.7 Å². The molecule has 0 unspecified atom stereocenters. The third-order valence-corrected chi connectivity index (χ3v) is 3.87. The first-order chi connectivity index (χ1) is 9.06. The minimum absolute atomic E-state index is 0.186. The van der Waals surface area contributed by atoms with Crippen molar-refractivity contribution in [2.24, 2.45) is 5.73 Å². The van der Waals surface area contributed by atoms with Gasteiger partial charge in [0, 0.05) is 5.25 Å². The topological polar surface area (TPSA) is 109 Å². The van der Waals surface area contributed by atoms with Crippen LogP contribution in [0.3, 0.4) is 0 Å². The van der Waals surface area contributed by atoms with Crippen molar-refractivity contribution in [2.45, 2.75) is 44.3 Å². The molecule has 1 saturated carbocycles. The molecule has 1 fully saturated rings. The molecule has 0 saturated heterocycles. The summed E-state index contributed by atoms with van der Waals surface area (Å²) in [6.45, 7) is 1.84. The average molecular weight is 288 g/mol. The first-order valence-corrected chi connectivity index (χ1v) is 7.20. The normalized spacial score (nSPS) is 15.6. The van der Waals surface area contributed by atoms with Crippen molar-refractivity contribution >= 4 is 30.0 Å². The molecule has 0 aromatic heterocycles. The van der Waals surface area contributed by atoms with E-state index in [2.05, 4.69) is 4.72 Å². The fraction of sp³-hybridized carbons (Fsp3) is 0.727. The Kier molecular flexibility index (Phi) is 6.48. The number of amidine groups is 1. The zero-order valence-electron chi connectivity index (χ0n) is 11.0. The Morgan fingerprint density at radius 2 is 2.05 bits per heavy atom. The van der Waals surface area contributed by atoms with Crippen molar-refractivity contribution in [3.63, 3.8) is 0 Å². The van der Waals surface area contributed by atoms with E-state index < -0.39 is 18.1 Å². The molecule has 1 aliphatic carbocycles. The lowest BCUT2D eigenvalue weighted by molar-refractivity contribution is 0.197. The first kappa shape index (κ1) is 15.6. The van der Waals surface area contributed by atoms with Crippen LogP contribution < -0.4 is 10.5 Å². The van der Waals surface area contributed by atoms with E-state index in [9.17, 15) is 9.59 Å². The lowest BCUT2D eigenvalue weighted by Crippen LogP contribution is -2.49. The molecular formula is C11H20N4O3S. The minimum Gasteiger partial charge on any atom is -0.465 e. The summed E-state index contributed by atoms with van der Waals surface area (Å²) < 4.78 is 7.37. The number of carbonyl (C=O) groups is 2. The predicted molar refractivity (Wildman–Crippen MR) is 73.8 cm³/mol. The number of primary amides is 1. The van der Waals surface area contributed by atoms with Gasteiger partial charge in [-0.15, -0.1) is 0 Å². The van der Waals surface area contributed by atoms with Crippen molar-refractivity contribution in [2.75, 3.05) is 6.61 Å². The van der Waals surface area contributed by atoms with Crippen LogP contribution in [0.25, 0.3) is 0 Å². The molecule has 0 spiro atoms. The minimum atomic E-state index is -1.03. The number of rotatable bonds is 3. The summed E-state index contributed by atoms with van der Waals surface area (Å²) in [7, 11) is 0. The van der Waals surface area contributed by atoms with Crippen molar-refractivity contribution < 1.29 is 14.3 Å². The van der Waals surface area contributed by atoms with Gasteiger partial charge in [0.2, 0.25) is 0 Å². The van der Waals surface area contributed by atoms with Crippen molar-refractivity contribution in [3.8, 4) is 0 Å². The third kappa shape index (κ3) is 4.98. The van der Waals surface area contributed by atoms with Gasteiger partial charge in [-0.2, -0.15) is 4.90 Å². The Morgan fingerprint density at radius 1 is 1.42 bits per heavy atom. The molecule has 1 aliphatic rings. The Labute approximate surface area is 116 Å². The van der Waals surface area contributed by atoms with Gasteiger partial charge in [-0.25, -0.2) is 9.59 Å². The van der Waals surface area contributed by atoms with E-state index in [4.69, 9.17) is 15.9 Å². The van der Waals surface area contributed by atoms with Gasteiger partial charge in [-0.3, -0.25) is 10.1 Å². The molecule has 0 heterocycles. The lowest BCUT2D eigenvalue weighted by Gasteiger charge is -2.23. The van der Waals surface area contributed by atoms with E-state index in [1.807, 2.05) is 0 Å². The van der Waals surface area contributed by atoms with Crippen LogP contribution in [0.1, 0.15) is 39.0 Å². The highest BCUT2D eigenvalue weighted by Gasteiger charge is 2.26. The van der Waals surface area contributed by atoms with E-state index in [1.54, 1.807) is 6.92 Å². The Morgan fingerprint density at radius 3 is 2.58 bits per heavy atom. The molecule has 0 atom stereocenters. The highest BCUT2D eigenvalue weighted by Crippen LogP contribution is 2.26. The number of urea groups is 2. The molecule has 7 nitrogen and oxygen atoms in total. The zero-order valence-corrected chi connectivity index (χ0v) is 11.8. The maximum Gasteiger partial charge on any atom is 0.343 e. The molecular weight excluding hydrogens is 268 g/mol. The van der Waals surface area contributed by atoms with Crippen LogP contribution >= 0.6 is 11.9 Å². The SMILES string of the molecule is CCOC(=N)N(C(N)=O)C(=O)NSC1CCCCC1. The van der Waals surface area contributed by atoms with Gasteiger partial charge in [0.15, 0.2) is 0 Å². The Hall–Kier alpha value is -1.44. The molecule has 4 N–H and O–H groups in total. The first-order valence-electron chi connectivity index (χ1n) is 6.32. The quantitative estimate of drug-likeness (QED) is 0.419. The van der Waals surface area contributed by atoms with Crippen molar-refractivity contribution in [1.82, 2.24) is 9.62 Å². The summed E-state index contributed by atoms with van der Waals surface area (Å²) in [6, 6.07) is -2.32. The van der Waals surface area contributed by atoms with Crippen LogP contribution in [-0.2, 0) is 4.74 Å². The summed E-state index contributed by atoms with van der Waals surface area (Å²) in [5, 5.41) is 7.82. The number of hydrogen-bond donors (Lipinski definition) is 3. The fourth-order valence-electron chi connectivity index (χ4n) is 1.86. The van der Waals surface area contributed by atoms with Crippen LogP contribution in [0.15, 0.2) is 0 Å². The number of imide groups is 1. The second-order valence-electron chi connectivity index (χ2n) is 4.20. The van der Waals surface area contributed by atoms with Gasteiger partial charge in [0.1, 0.15) is 0 Å². The maximum absolute atomic E-state index is 11.8. The zero-order chi connectivity index (χ0) is 14.3. The fourth-order valence-corrected chi connectivity index (χ4v) is 2.78. The van der Waals surface area contributed by atoms with Gasteiger partial charge in [0.05, 0.1) is 6.61 Å². The molecule has 0 radical (unpaired) electrons. The largest absolute Gasteiger partial charge is 0.465 e. The van der Waals surface area contributed by atoms with E-state index in [0.29, 0.717) is 10.1 Å². The number of nitrogens with one attached hydrogen (secondary N) is 2. The van der Waals surface area contributed by atoms with E-state index in [-0.39, 0.29) is 6.61 Å². The second-order valence-corrected chi connectivity index (χ2v) is 5.30. The molecule has 0 aromatic carbocycles. The Balaban J connectivity index is 2.47. The molecule has 1 rings (SSSR count). The molecule has 0 aliphatic heterocycles. The average Bonchev–Trinajstić information content (AvgIpc) is 2.37. The smallest absolute Gasteiger partial charge is 0.343 e. The lowest BCUT2D eigenvalue weighted by atomic mass is 10.0. The van der Waals surface area contributed by atoms with E-state index >= 15 is 0 Å². The molecule has 4 amide bonds. The highest BCUT2D eigenvalue weighted by molar-refractivity contribution is 7.98. The summed E-state index contributed by atoms with van der Waals surface area (Å²) in [5.74, 6) is 0. The monoisotopic (exact) mass is 288 g/mol. The summed E-state index contributed by atoms with van der Waals surface area (Å²) >= 11 is 1.29. The molecule has 108 valence electrons. The predicted octanol–water partition coefficient (Wildman–Crippen LogP) is 2.03. The van der Waals surface area contributed by atoms with Crippen molar-refractivity contribution in [3.05, 3.63) is 0 Å². The Bertz CT molecular complexity index is 345. The van der Waals surface area contributed by atoms with Crippen LogP contribution in [0.2, 0.25) is 0 Å².